The van der Waals surface area contributed by atoms with E-state index in [2.05, 4.69) is 54.9 Å². The molecule has 1 aromatic heterocycles. The maximum absolute atomic E-state index is 12.1. The topological polar surface area (TPSA) is 64.0 Å². The zero-order valence-electron chi connectivity index (χ0n) is 14.7. The van der Waals surface area contributed by atoms with Crippen LogP contribution in [-0.4, -0.2) is 24.0 Å². The second-order valence-corrected chi connectivity index (χ2v) is 9.46. The highest BCUT2D eigenvalue weighted by Crippen LogP contribution is 2.41. The predicted molar refractivity (Wildman–Crippen MR) is 95.7 cm³/mol. The summed E-state index contributed by atoms with van der Waals surface area (Å²) < 4.78 is 28.9. The molecule has 0 radical (unpaired) electrons. The zero-order valence-corrected chi connectivity index (χ0v) is 15.5. The first-order chi connectivity index (χ1) is 11.2. The lowest BCUT2D eigenvalue weighted by Gasteiger charge is -2.35. The molecule has 0 unspecified atom stereocenters. The Morgan fingerprint density at radius 3 is 2.58 bits per heavy atom. The van der Waals surface area contributed by atoms with Crippen LogP contribution in [0.5, 0.6) is 0 Å². The van der Waals surface area contributed by atoms with Gasteiger partial charge in [-0.2, -0.15) is 5.10 Å². The van der Waals surface area contributed by atoms with Crippen LogP contribution in [0.2, 0.25) is 0 Å². The summed E-state index contributed by atoms with van der Waals surface area (Å²) in [5.41, 5.74) is 4.31. The molecule has 1 aliphatic carbocycles. The average Bonchev–Trinajstić information content (AvgIpc) is 2.90. The van der Waals surface area contributed by atoms with Crippen molar-refractivity contribution in [1.82, 2.24) is 14.5 Å². The Kier molecular flexibility index (Phi) is 4.30. The molecule has 0 bridgehead atoms. The van der Waals surface area contributed by atoms with Crippen LogP contribution >= 0.6 is 0 Å². The minimum Gasteiger partial charge on any atom is -0.237 e. The third-order valence-corrected chi connectivity index (χ3v) is 6.06. The number of benzene rings is 1. The van der Waals surface area contributed by atoms with Crippen LogP contribution in [0, 0.1) is 12.3 Å². The molecule has 1 atom stereocenters. The van der Waals surface area contributed by atoms with Crippen molar-refractivity contribution in [2.24, 2.45) is 5.41 Å². The fourth-order valence-corrected chi connectivity index (χ4v) is 4.17. The maximum atomic E-state index is 12.1. The first-order valence-corrected chi connectivity index (χ1v) is 10.00. The van der Waals surface area contributed by atoms with Gasteiger partial charge in [0.2, 0.25) is 10.0 Å². The molecule has 3 rings (SSSR count). The molecule has 0 spiro atoms. The zero-order chi connectivity index (χ0) is 17.5. The third-order valence-electron chi connectivity index (χ3n) is 4.66. The molecule has 0 saturated heterocycles. The Morgan fingerprint density at radius 1 is 1.29 bits per heavy atom. The van der Waals surface area contributed by atoms with Crippen molar-refractivity contribution in [3.05, 3.63) is 47.3 Å². The van der Waals surface area contributed by atoms with Crippen LogP contribution in [-0.2, 0) is 16.4 Å². The summed E-state index contributed by atoms with van der Waals surface area (Å²) >= 11 is 0. The van der Waals surface area contributed by atoms with Gasteiger partial charge in [-0.15, -0.1) is 0 Å². The smallest absolute Gasteiger partial charge is 0.211 e. The number of aromatic nitrogens is 2. The summed E-state index contributed by atoms with van der Waals surface area (Å²) in [6.07, 6.45) is 3.46. The SMILES string of the molecule is CCS(=O)(=O)N[C@H]1CC(C)(C)Cc2c1cnn2-c1ccc(C)cc1. The van der Waals surface area contributed by atoms with Gasteiger partial charge in [-0.05, 0) is 44.2 Å². The minimum absolute atomic E-state index is 0.0103. The van der Waals surface area contributed by atoms with Crippen LogP contribution in [0.25, 0.3) is 5.69 Å². The van der Waals surface area contributed by atoms with Crippen LogP contribution in [0.15, 0.2) is 30.5 Å². The van der Waals surface area contributed by atoms with Crippen LogP contribution in [0.1, 0.15) is 50.1 Å². The van der Waals surface area contributed by atoms with E-state index in [1.54, 1.807) is 6.92 Å². The van der Waals surface area contributed by atoms with Crippen LogP contribution in [0.4, 0.5) is 0 Å². The van der Waals surface area contributed by atoms with Gasteiger partial charge in [0.25, 0.3) is 0 Å². The van der Waals surface area contributed by atoms with Crippen molar-refractivity contribution in [3.63, 3.8) is 0 Å². The molecule has 1 heterocycles. The Bertz CT molecular complexity index is 836. The van der Waals surface area contributed by atoms with Gasteiger partial charge in [-0.25, -0.2) is 17.8 Å². The number of nitrogens with zero attached hydrogens (tertiary/aromatic N) is 2. The van der Waals surface area contributed by atoms with E-state index < -0.39 is 10.0 Å². The van der Waals surface area contributed by atoms with Gasteiger partial charge in [0.15, 0.2) is 0 Å². The Balaban J connectivity index is 2.04. The monoisotopic (exact) mass is 347 g/mol. The fraction of sp³-hybridized carbons (Fsp3) is 0.500. The molecule has 2 aromatic rings. The van der Waals surface area contributed by atoms with Crippen molar-refractivity contribution in [2.75, 3.05) is 5.75 Å². The Labute approximate surface area is 144 Å². The van der Waals surface area contributed by atoms with Crippen molar-refractivity contribution in [3.8, 4) is 5.69 Å². The highest BCUT2D eigenvalue weighted by molar-refractivity contribution is 7.89. The normalized spacial score (nSPS) is 19.9. The lowest BCUT2D eigenvalue weighted by Crippen LogP contribution is -2.37. The number of hydrogen-bond donors (Lipinski definition) is 1. The van der Waals surface area contributed by atoms with Gasteiger partial charge in [-0.3, -0.25) is 0 Å². The molecule has 0 fully saturated rings. The molecule has 1 aliphatic rings. The van der Waals surface area contributed by atoms with Gasteiger partial charge in [-0.1, -0.05) is 31.5 Å². The molecule has 6 heteroatoms. The van der Waals surface area contributed by atoms with E-state index in [1.807, 2.05) is 10.9 Å². The van der Waals surface area contributed by atoms with Crippen molar-refractivity contribution in [2.45, 2.75) is 46.6 Å². The summed E-state index contributed by atoms with van der Waals surface area (Å²) in [5.74, 6) is 0.0887. The van der Waals surface area contributed by atoms with Crippen molar-refractivity contribution >= 4 is 10.0 Å². The van der Waals surface area contributed by atoms with E-state index in [0.29, 0.717) is 0 Å². The molecule has 5 nitrogen and oxygen atoms in total. The molecule has 0 amide bonds. The van der Waals surface area contributed by atoms with Crippen molar-refractivity contribution < 1.29 is 8.42 Å². The summed E-state index contributed by atoms with van der Waals surface area (Å²) in [5, 5.41) is 4.55. The summed E-state index contributed by atoms with van der Waals surface area (Å²) in [7, 11) is -3.26. The first-order valence-electron chi connectivity index (χ1n) is 8.34. The van der Waals surface area contributed by atoms with E-state index in [4.69, 9.17) is 0 Å². The number of rotatable bonds is 4. The molecule has 1 N–H and O–H groups in total. The van der Waals surface area contributed by atoms with Crippen LogP contribution < -0.4 is 4.72 Å². The van der Waals surface area contributed by atoms with Gasteiger partial charge in [0.1, 0.15) is 0 Å². The van der Waals surface area contributed by atoms with E-state index in [-0.39, 0.29) is 17.2 Å². The average molecular weight is 347 g/mol. The highest BCUT2D eigenvalue weighted by atomic mass is 32.2. The van der Waals surface area contributed by atoms with E-state index >= 15 is 0 Å². The number of fused-ring (bicyclic) bond motifs is 1. The summed E-state index contributed by atoms with van der Waals surface area (Å²) in [4.78, 5) is 0. The van der Waals surface area contributed by atoms with Crippen LogP contribution in [0.3, 0.4) is 0 Å². The number of sulfonamides is 1. The van der Waals surface area contributed by atoms with Gasteiger partial charge in [0.05, 0.1) is 23.7 Å². The fourth-order valence-electron chi connectivity index (χ4n) is 3.36. The molecule has 130 valence electrons. The van der Waals surface area contributed by atoms with E-state index in [1.165, 1.54) is 5.56 Å². The summed E-state index contributed by atoms with van der Waals surface area (Å²) in [6, 6.07) is 8.02. The molecule has 24 heavy (non-hydrogen) atoms. The number of hydrogen-bond acceptors (Lipinski definition) is 3. The predicted octanol–water partition coefficient (Wildman–Crippen LogP) is 3.13. The van der Waals surface area contributed by atoms with Gasteiger partial charge >= 0.3 is 0 Å². The van der Waals surface area contributed by atoms with Gasteiger partial charge in [0, 0.05) is 11.3 Å². The third kappa shape index (κ3) is 3.39. The summed E-state index contributed by atoms with van der Waals surface area (Å²) in [6.45, 7) is 8.07. The Hall–Kier alpha value is -1.66. The molecule has 0 aliphatic heterocycles. The molecular formula is C18H25N3O2S. The second-order valence-electron chi connectivity index (χ2n) is 7.41. The minimum atomic E-state index is -3.26. The quantitative estimate of drug-likeness (QED) is 0.924. The largest absolute Gasteiger partial charge is 0.237 e. The maximum Gasteiger partial charge on any atom is 0.211 e. The van der Waals surface area contributed by atoms with Gasteiger partial charge < -0.3 is 0 Å². The van der Waals surface area contributed by atoms with E-state index in [9.17, 15) is 8.42 Å². The highest BCUT2D eigenvalue weighted by Gasteiger charge is 2.36. The lowest BCUT2D eigenvalue weighted by atomic mass is 9.74. The second kappa shape index (κ2) is 6.01. The molecule has 1 aromatic carbocycles. The van der Waals surface area contributed by atoms with E-state index in [0.717, 1.165) is 29.8 Å². The lowest BCUT2D eigenvalue weighted by molar-refractivity contribution is 0.269. The Morgan fingerprint density at radius 2 is 1.96 bits per heavy atom. The molecular weight excluding hydrogens is 322 g/mol. The standard InChI is InChI=1S/C18H25N3O2S/c1-5-24(22,23)20-16-10-18(3,4)11-17-15(16)12-19-21(17)14-8-6-13(2)7-9-14/h6-9,12,16,20H,5,10-11H2,1-4H3/t16-/m0/s1. The molecule has 0 saturated carbocycles. The first kappa shape index (κ1) is 17.2. The number of aryl methyl sites for hydroxylation is 1. The number of nitrogens with one attached hydrogen (secondary N) is 1. The van der Waals surface area contributed by atoms with Crippen molar-refractivity contribution in [1.29, 1.82) is 0 Å².